The SMILES string of the molecule is CC1CCN(CC(=O)Nc2nc3ccc(F)cc3s2)C1. The lowest BCUT2D eigenvalue weighted by atomic mass is 10.2. The Morgan fingerprint density at radius 1 is 1.60 bits per heavy atom. The topological polar surface area (TPSA) is 45.2 Å². The van der Waals surface area contributed by atoms with Crippen molar-refractivity contribution in [2.45, 2.75) is 13.3 Å². The molecule has 0 bridgehead atoms. The van der Waals surface area contributed by atoms with Crippen LogP contribution in [0.1, 0.15) is 13.3 Å². The third kappa shape index (κ3) is 2.96. The van der Waals surface area contributed by atoms with E-state index in [0.717, 1.165) is 24.2 Å². The average Bonchev–Trinajstić information content (AvgIpc) is 2.94. The fourth-order valence-electron chi connectivity index (χ4n) is 2.48. The molecule has 1 fully saturated rings. The Kier molecular flexibility index (Phi) is 3.67. The van der Waals surface area contributed by atoms with E-state index in [2.05, 4.69) is 22.1 Å². The van der Waals surface area contributed by atoms with Crippen molar-refractivity contribution in [2.24, 2.45) is 5.92 Å². The molecule has 0 radical (unpaired) electrons. The van der Waals surface area contributed by atoms with Gasteiger partial charge in [0.2, 0.25) is 5.91 Å². The van der Waals surface area contributed by atoms with Gasteiger partial charge < -0.3 is 5.32 Å². The van der Waals surface area contributed by atoms with Gasteiger partial charge in [0, 0.05) is 6.54 Å². The number of nitrogens with one attached hydrogen (secondary N) is 1. The second-order valence-electron chi connectivity index (χ2n) is 5.31. The number of likely N-dealkylation sites (tertiary alicyclic amines) is 1. The van der Waals surface area contributed by atoms with Gasteiger partial charge in [-0.2, -0.15) is 0 Å². The van der Waals surface area contributed by atoms with Gasteiger partial charge in [0.1, 0.15) is 5.82 Å². The predicted molar refractivity (Wildman–Crippen MR) is 78.4 cm³/mol. The van der Waals surface area contributed by atoms with Crippen LogP contribution in [0.15, 0.2) is 18.2 Å². The molecule has 1 amide bonds. The van der Waals surface area contributed by atoms with Crippen molar-refractivity contribution >= 4 is 32.6 Å². The molecule has 1 aliphatic rings. The van der Waals surface area contributed by atoms with Gasteiger partial charge in [-0.25, -0.2) is 9.37 Å². The molecule has 4 nitrogen and oxygen atoms in total. The summed E-state index contributed by atoms with van der Waals surface area (Å²) in [5.41, 5.74) is 0.710. The minimum Gasteiger partial charge on any atom is -0.301 e. The number of halogens is 1. The van der Waals surface area contributed by atoms with Crippen LogP contribution in [0, 0.1) is 11.7 Å². The highest BCUT2D eigenvalue weighted by Crippen LogP contribution is 2.26. The van der Waals surface area contributed by atoms with E-state index in [4.69, 9.17) is 0 Å². The summed E-state index contributed by atoms with van der Waals surface area (Å²) in [5, 5.41) is 3.33. The Hall–Kier alpha value is -1.53. The number of thiazole rings is 1. The molecule has 1 aromatic carbocycles. The molecule has 1 aliphatic heterocycles. The fourth-order valence-corrected chi connectivity index (χ4v) is 3.39. The van der Waals surface area contributed by atoms with Crippen LogP contribution in [0.4, 0.5) is 9.52 Å². The first-order chi connectivity index (χ1) is 9.60. The lowest BCUT2D eigenvalue weighted by Gasteiger charge is -2.13. The lowest BCUT2D eigenvalue weighted by molar-refractivity contribution is -0.117. The maximum atomic E-state index is 13.1. The second kappa shape index (κ2) is 5.46. The van der Waals surface area contributed by atoms with Gasteiger partial charge in [-0.3, -0.25) is 9.69 Å². The molecule has 6 heteroatoms. The van der Waals surface area contributed by atoms with E-state index >= 15 is 0 Å². The van der Waals surface area contributed by atoms with Crippen LogP contribution in [0.25, 0.3) is 10.2 Å². The number of aromatic nitrogens is 1. The molecule has 2 heterocycles. The Labute approximate surface area is 120 Å². The van der Waals surface area contributed by atoms with E-state index in [1.54, 1.807) is 6.07 Å². The fraction of sp³-hybridized carbons (Fsp3) is 0.429. The number of hydrogen-bond acceptors (Lipinski definition) is 4. The van der Waals surface area contributed by atoms with Gasteiger partial charge in [0.15, 0.2) is 5.13 Å². The highest BCUT2D eigenvalue weighted by atomic mass is 32.1. The second-order valence-corrected chi connectivity index (χ2v) is 6.34. The van der Waals surface area contributed by atoms with Crippen LogP contribution in [0.2, 0.25) is 0 Å². The summed E-state index contributed by atoms with van der Waals surface area (Å²) in [4.78, 5) is 18.4. The van der Waals surface area contributed by atoms with Crippen molar-refractivity contribution in [3.05, 3.63) is 24.0 Å². The molecule has 3 rings (SSSR count). The van der Waals surface area contributed by atoms with Gasteiger partial charge in [0.05, 0.1) is 16.8 Å². The summed E-state index contributed by atoms with van der Waals surface area (Å²) in [6.45, 7) is 4.53. The molecule has 1 unspecified atom stereocenters. The van der Waals surface area contributed by atoms with Crippen molar-refractivity contribution in [2.75, 3.05) is 25.0 Å². The Morgan fingerprint density at radius 2 is 2.45 bits per heavy atom. The molecule has 1 aromatic heterocycles. The number of rotatable bonds is 3. The summed E-state index contributed by atoms with van der Waals surface area (Å²) < 4.78 is 13.8. The number of amides is 1. The number of hydrogen-bond donors (Lipinski definition) is 1. The first-order valence-corrected chi connectivity index (χ1v) is 7.50. The third-order valence-corrected chi connectivity index (χ3v) is 4.41. The first-order valence-electron chi connectivity index (χ1n) is 6.68. The summed E-state index contributed by atoms with van der Waals surface area (Å²) in [5.74, 6) is 0.317. The zero-order valence-corrected chi connectivity index (χ0v) is 12.0. The highest BCUT2D eigenvalue weighted by Gasteiger charge is 2.21. The number of anilines is 1. The number of fused-ring (bicyclic) bond motifs is 1. The van der Waals surface area contributed by atoms with Crippen LogP contribution < -0.4 is 5.32 Å². The van der Waals surface area contributed by atoms with E-state index in [-0.39, 0.29) is 11.7 Å². The van der Waals surface area contributed by atoms with Gasteiger partial charge >= 0.3 is 0 Å². The molecule has 20 heavy (non-hydrogen) atoms. The monoisotopic (exact) mass is 293 g/mol. The number of nitrogens with zero attached hydrogens (tertiary/aromatic N) is 2. The maximum Gasteiger partial charge on any atom is 0.240 e. The van der Waals surface area contributed by atoms with Crippen LogP contribution in [0.3, 0.4) is 0 Å². The van der Waals surface area contributed by atoms with E-state index in [1.807, 2.05) is 0 Å². The van der Waals surface area contributed by atoms with Crippen LogP contribution >= 0.6 is 11.3 Å². The quantitative estimate of drug-likeness (QED) is 0.946. The molecular formula is C14H16FN3OS. The predicted octanol–water partition coefficient (Wildman–Crippen LogP) is 2.72. The lowest BCUT2D eigenvalue weighted by Crippen LogP contribution is -2.31. The molecule has 0 aliphatic carbocycles. The largest absolute Gasteiger partial charge is 0.301 e. The van der Waals surface area contributed by atoms with E-state index in [0.29, 0.717) is 23.1 Å². The molecule has 0 saturated carbocycles. The van der Waals surface area contributed by atoms with Crippen LogP contribution in [-0.4, -0.2) is 35.4 Å². The molecule has 2 aromatic rings. The van der Waals surface area contributed by atoms with Crippen LogP contribution in [-0.2, 0) is 4.79 Å². The maximum absolute atomic E-state index is 13.1. The van der Waals surface area contributed by atoms with Gasteiger partial charge in [-0.1, -0.05) is 18.3 Å². The Morgan fingerprint density at radius 3 is 3.20 bits per heavy atom. The van der Waals surface area contributed by atoms with E-state index in [1.165, 1.54) is 23.5 Å². The normalized spacial score (nSPS) is 19.6. The molecule has 0 spiro atoms. The molecule has 106 valence electrons. The van der Waals surface area contributed by atoms with Gasteiger partial charge in [-0.05, 0) is 37.1 Å². The molecule has 1 atom stereocenters. The van der Waals surface area contributed by atoms with Crippen molar-refractivity contribution in [3.8, 4) is 0 Å². The van der Waals surface area contributed by atoms with E-state index in [9.17, 15) is 9.18 Å². The standard InChI is InChI=1S/C14H16FN3OS/c1-9-4-5-18(7-9)8-13(19)17-14-16-11-3-2-10(15)6-12(11)20-14/h2-3,6,9H,4-5,7-8H2,1H3,(H,16,17,19). The smallest absolute Gasteiger partial charge is 0.240 e. The molecule has 1 N–H and O–H groups in total. The minimum absolute atomic E-state index is 0.0568. The van der Waals surface area contributed by atoms with Crippen molar-refractivity contribution in [1.29, 1.82) is 0 Å². The van der Waals surface area contributed by atoms with E-state index < -0.39 is 0 Å². The van der Waals surface area contributed by atoms with Gasteiger partial charge in [-0.15, -0.1) is 0 Å². The summed E-state index contributed by atoms with van der Waals surface area (Å²) in [6.07, 6.45) is 1.15. The van der Waals surface area contributed by atoms with Crippen molar-refractivity contribution in [1.82, 2.24) is 9.88 Å². The zero-order chi connectivity index (χ0) is 14.1. The van der Waals surface area contributed by atoms with Crippen molar-refractivity contribution < 1.29 is 9.18 Å². The first kappa shape index (κ1) is 13.5. The summed E-state index contributed by atoms with van der Waals surface area (Å²) in [6, 6.07) is 4.43. The number of benzene rings is 1. The van der Waals surface area contributed by atoms with Gasteiger partial charge in [0.25, 0.3) is 0 Å². The zero-order valence-electron chi connectivity index (χ0n) is 11.2. The third-order valence-electron chi connectivity index (χ3n) is 3.47. The molecular weight excluding hydrogens is 277 g/mol. The van der Waals surface area contributed by atoms with Crippen molar-refractivity contribution in [3.63, 3.8) is 0 Å². The number of carbonyl (C=O) groups excluding carboxylic acids is 1. The summed E-state index contributed by atoms with van der Waals surface area (Å²) in [7, 11) is 0. The van der Waals surface area contributed by atoms with Crippen LogP contribution in [0.5, 0.6) is 0 Å². The molecule has 1 saturated heterocycles. The Balaban J connectivity index is 1.65. The highest BCUT2D eigenvalue weighted by molar-refractivity contribution is 7.22. The Bertz CT molecular complexity index is 642. The number of carbonyl (C=O) groups is 1. The minimum atomic E-state index is -0.287. The average molecular weight is 293 g/mol. The summed E-state index contributed by atoms with van der Waals surface area (Å²) >= 11 is 1.30.